The summed E-state index contributed by atoms with van der Waals surface area (Å²) in [5.74, 6) is -1.93. The van der Waals surface area contributed by atoms with Crippen LogP contribution in [0.25, 0.3) is 0 Å². The molecule has 0 amide bonds. The predicted molar refractivity (Wildman–Crippen MR) is 180 cm³/mol. The molecule has 2 aromatic carbocycles. The van der Waals surface area contributed by atoms with E-state index in [1.54, 1.807) is 57.7 Å². The first-order chi connectivity index (χ1) is 23.4. The van der Waals surface area contributed by atoms with Gasteiger partial charge in [0.1, 0.15) is 16.8 Å². The number of aliphatic hydroxyl groups is 2. The maximum absolute atomic E-state index is 14.4. The number of likely N-dealkylation sites (N-methyl/N-ethyl adjacent to an activating group) is 1. The molecule has 12 atom stereocenters. The van der Waals surface area contributed by atoms with Crippen molar-refractivity contribution in [2.45, 2.75) is 91.7 Å². The largest absolute Gasteiger partial charge is 0.454 e. The molecule has 49 heavy (non-hydrogen) atoms. The summed E-state index contributed by atoms with van der Waals surface area (Å²) in [5.41, 5.74) is -3.16. The Labute approximate surface area is 289 Å². The fraction of sp³-hybridized carbons (Fsp3) is 0.658. The number of sulfone groups is 1. The minimum Gasteiger partial charge on any atom is -0.454 e. The fourth-order valence-corrected chi connectivity index (χ4v) is 14.1. The Bertz CT molecular complexity index is 1720. The molecule has 0 radical (unpaired) electrons. The molecule has 10 nitrogen and oxygen atoms in total. The lowest BCUT2D eigenvalue weighted by Crippen LogP contribution is -2.83. The summed E-state index contributed by atoms with van der Waals surface area (Å²) in [5, 5.41) is 25.9. The van der Waals surface area contributed by atoms with Crippen molar-refractivity contribution in [3.05, 3.63) is 71.3 Å². The van der Waals surface area contributed by atoms with E-state index in [0.717, 1.165) is 0 Å². The van der Waals surface area contributed by atoms with Gasteiger partial charge in [-0.15, -0.1) is 0 Å². The highest BCUT2D eigenvalue weighted by atomic mass is 32.2. The van der Waals surface area contributed by atoms with Gasteiger partial charge in [-0.1, -0.05) is 55.5 Å². The zero-order valence-corrected chi connectivity index (χ0v) is 29.6. The van der Waals surface area contributed by atoms with Crippen molar-refractivity contribution in [1.29, 1.82) is 0 Å². The smallest absolute Gasteiger partial charge is 0.339 e. The Hall–Kier alpha value is -2.38. The van der Waals surface area contributed by atoms with Crippen LogP contribution >= 0.6 is 0 Å². The third kappa shape index (κ3) is 4.39. The molecular weight excluding hydrogens is 646 g/mol. The van der Waals surface area contributed by atoms with Gasteiger partial charge in [0.25, 0.3) is 0 Å². The van der Waals surface area contributed by atoms with Crippen molar-refractivity contribution in [2.75, 3.05) is 34.4 Å². The first-order valence-corrected chi connectivity index (χ1v) is 19.6. The zero-order chi connectivity index (χ0) is 34.6. The number of carbonyl (C=O) groups excluding carboxylic acids is 1. The molecule has 5 aliphatic carbocycles. The van der Waals surface area contributed by atoms with E-state index in [9.17, 15) is 23.4 Å². The molecule has 5 saturated carbocycles. The Balaban J connectivity index is 1.19. The summed E-state index contributed by atoms with van der Waals surface area (Å²) >= 11 is 0. The second-order valence-electron chi connectivity index (χ2n) is 15.6. The van der Waals surface area contributed by atoms with Gasteiger partial charge in [0.05, 0.1) is 35.4 Å². The number of nitrogens with zero attached hydrogens (tertiary/aromatic N) is 1. The SMILES string of the molecule is CCN1C[C@]2(OC(=O)c3ccccc3CS(=O)(=O)Cc3ccccc3)CC[C@H](OC)[C@@]34C2CC([C@@H]13)[C@@]1(O)C[C@H](OC)[C@H]2CC4[C@]1(O)[C@H]2OC. The van der Waals surface area contributed by atoms with E-state index in [0.29, 0.717) is 56.3 Å². The van der Waals surface area contributed by atoms with E-state index in [1.165, 1.54) is 0 Å². The first-order valence-electron chi connectivity index (χ1n) is 17.8. The Kier molecular flexibility index (Phi) is 7.96. The lowest BCUT2D eigenvalue weighted by Gasteiger charge is -2.70. The van der Waals surface area contributed by atoms with Crippen molar-refractivity contribution in [3.63, 3.8) is 0 Å². The van der Waals surface area contributed by atoms with Gasteiger partial charge in [0.2, 0.25) is 0 Å². The number of carbonyl (C=O) groups is 1. The molecule has 1 saturated heterocycles. The summed E-state index contributed by atoms with van der Waals surface area (Å²) in [6.07, 6.45) is 1.61. The van der Waals surface area contributed by atoms with Crippen molar-refractivity contribution in [3.8, 4) is 0 Å². The van der Waals surface area contributed by atoms with E-state index in [2.05, 4.69) is 11.8 Å². The van der Waals surface area contributed by atoms with Crippen LogP contribution in [-0.4, -0.2) is 105 Å². The van der Waals surface area contributed by atoms with Crippen LogP contribution in [0.2, 0.25) is 0 Å². The molecule has 11 heteroatoms. The molecular formula is C38H49NO9S. The van der Waals surface area contributed by atoms with E-state index < -0.39 is 44.1 Å². The molecule has 1 aliphatic heterocycles. The van der Waals surface area contributed by atoms with Gasteiger partial charge in [-0.2, -0.15) is 0 Å². The fourth-order valence-electron chi connectivity index (χ4n) is 12.6. The lowest BCUT2D eigenvalue weighted by atomic mass is 9.44. The van der Waals surface area contributed by atoms with Crippen LogP contribution < -0.4 is 0 Å². The zero-order valence-electron chi connectivity index (χ0n) is 28.8. The van der Waals surface area contributed by atoms with Gasteiger partial charge in [0.15, 0.2) is 9.84 Å². The summed E-state index contributed by atoms with van der Waals surface area (Å²) in [6, 6.07) is 15.8. The molecule has 3 unspecified atom stereocenters. The number of likely N-dealkylation sites (tertiary alicyclic amines) is 1. The molecule has 6 aliphatic rings. The number of piperidine rings is 1. The van der Waals surface area contributed by atoms with Crippen LogP contribution in [0.15, 0.2) is 54.6 Å². The molecule has 266 valence electrons. The average molecular weight is 696 g/mol. The number of esters is 1. The van der Waals surface area contributed by atoms with Gasteiger partial charge < -0.3 is 29.2 Å². The molecule has 2 aromatic rings. The van der Waals surface area contributed by atoms with Crippen molar-refractivity contribution in [2.24, 2.45) is 29.1 Å². The van der Waals surface area contributed by atoms with Gasteiger partial charge in [-0.25, -0.2) is 13.2 Å². The van der Waals surface area contributed by atoms with Crippen LogP contribution in [0.1, 0.15) is 60.5 Å². The highest BCUT2D eigenvalue weighted by Gasteiger charge is 2.89. The Morgan fingerprint density at radius 3 is 2.37 bits per heavy atom. The molecule has 2 N–H and O–H groups in total. The van der Waals surface area contributed by atoms with E-state index >= 15 is 0 Å². The third-order valence-corrected chi connectivity index (χ3v) is 15.5. The molecule has 6 fully saturated rings. The topological polar surface area (TPSA) is 132 Å². The number of rotatable bonds is 10. The molecule has 8 rings (SSSR count). The van der Waals surface area contributed by atoms with Crippen molar-refractivity contribution >= 4 is 15.8 Å². The number of hydrogen-bond donors (Lipinski definition) is 2. The number of ether oxygens (including phenoxy) is 4. The lowest BCUT2D eigenvalue weighted by molar-refractivity contribution is -0.337. The molecule has 0 aromatic heterocycles. The summed E-state index contributed by atoms with van der Waals surface area (Å²) in [6.45, 7) is 3.27. The molecule has 7 bridgehead atoms. The van der Waals surface area contributed by atoms with E-state index in [4.69, 9.17) is 18.9 Å². The standard InChI is InChI=1S/C38H49NO9S/c1-5-39-22-35(48-34(40)25-14-10-9-13-24(25)21-49(43,44)20-23-11-7-6-8-12-23)16-15-31(46-3)37-29(35)18-27(32(37)39)36(41)19-28(45-2)26-17-30(37)38(36,42)33(26)47-4/h6-14,26-33,41-42H,5,15-22H2,1-4H3/t26-,27?,28+,29?,30?,31+,32-,33+,35-,36+,37+,38+/m1/s1. The second kappa shape index (κ2) is 11.6. The second-order valence-corrected chi connectivity index (χ2v) is 17.7. The minimum absolute atomic E-state index is 0.0860. The normalized spacial score (nSPS) is 43.4. The summed E-state index contributed by atoms with van der Waals surface area (Å²) in [4.78, 5) is 16.8. The van der Waals surface area contributed by atoms with E-state index in [1.807, 2.05) is 18.2 Å². The third-order valence-electron chi connectivity index (χ3n) is 14.0. The van der Waals surface area contributed by atoms with Crippen LogP contribution in [0.5, 0.6) is 0 Å². The maximum Gasteiger partial charge on any atom is 0.339 e. The maximum atomic E-state index is 14.4. The van der Waals surface area contributed by atoms with Crippen LogP contribution in [0, 0.1) is 29.1 Å². The summed E-state index contributed by atoms with van der Waals surface area (Å²) in [7, 11) is 1.43. The highest BCUT2D eigenvalue weighted by molar-refractivity contribution is 7.89. The highest BCUT2D eigenvalue weighted by Crippen LogP contribution is 2.79. The summed E-state index contributed by atoms with van der Waals surface area (Å²) < 4.78 is 52.0. The van der Waals surface area contributed by atoms with Crippen LogP contribution in [-0.2, 0) is 40.3 Å². The van der Waals surface area contributed by atoms with Crippen LogP contribution in [0.4, 0.5) is 0 Å². The Morgan fingerprint density at radius 2 is 1.67 bits per heavy atom. The van der Waals surface area contributed by atoms with Crippen molar-refractivity contribution < 1.29 is 42.4 Å². The van der Waals surface area contributed by atoms with Gasteiger partial charge in [0, 0.05) is 69.4 Å². The van der Waals surface area contributed by atoms with Crippen molar-refractivity contribution in [1.82, 2.24) is 4.90 Å². The molecule has 1 spiro atoms. The van der Waals surface area contributed by atoms with Gasteiger partial charge in [-0.05, 0) is 49.4 Å². The van der Waals surface area contributed by atoms with Gasteiger partial charge >= 0.3 is 5.97 Å². The predicted octanol–water partition coefficient (Wildman–Crippen LogP) is 3.38. The van der Waals surface area contributed by atoms with Gasteiger partial charge in [-0.3, -0.25) is 4.90 Å². The van der Waals surface area contributed by atoms with E-state index in [-0.39, 0.29) is 59.0 Å². The Morgan fingerprint density at radius 1 is 0.939 bits per heavy atom. The number of hydrogen-bond acceptors (Lipinski definition) is 10. The number of fused-ring (bicyclic) bond motifs is 2. The average Bonchev–Trinajstić information content (AvgIpc) is 3.51. The number of methoxy groups -OCH3 is 3. The quantitative estimate of drug-likeness (QED) is 0.357. The first kappa shape index (κ1) is 33.7. The monoisotopic (exact) mass is 695 g/mol. The minimum atomic E-state index is -3.59. The molecule has 1 heterocycles. The van der Waals surface area contributed by atoms with Crippen LogP contribution in [0.3, 0.4) is 0 Å². The number of benzene rings is 2.